The van der Waals surface area contributed by atoms with Crippen LogP contribution in [0.2, 0.25) is 0 Å². The van der Waals surface area contributed by atoms with E-state index in [1.54, 1.807) is 11.3 Å². The molecule has 0 spiro atoms. The monoisotopic (exact) mass is 268 g/mol. The van der Waals surface area contributed by atoms with Gasteiger partial charge in [0.2, 0.25) is 0 Å². The maximum absolute atomic E-state index is 9.73. The summed E-state index contributed by atoms with van der Waals surface area (Å²) in [4.78, 5) is 7.99. The number of hydrogen-bond acceptors (Lipinski definition) is 4. The van der Waals surface area contributed by atoms with Gasteiger partial charge in [-0.05, 0) is 26.8 Å². The van der Waals surface area contributed by atoms with Crippen molar-refractivity contribution in [3.8, 4) is 0 Å². The van der Waals surface area contributed by atoms with E-state index in [1.165, 1.54) is 37.0 Å². The van der Waals surface area contributed by atoms with Gasteiger partial charge in [-0.2, -0.15) is 0 Å². The maximum Gasteiger partial charge on any atom is 0.0798 e. The third-order valence-electron chi connectivity index (χ3n) is 4.11. The summed E-state index contributed by atoms with van der Waals surface area (Å²) in [5, 5.41) is 9.73. The van der Waals surface area contributed by atoms with Crippen molar-refractivity contribution in [1.29, 1.82) is 0 Å². The number of aliphatic hydroxyl groups excluding tert-OH is 1. The number of aryl methyl sites for hydroxylation is 1. The summed E-state index contributed by atoms with van der Waals surface area (Å²) in [5.41, 5.74) is 3.21. The molecule has 1 aromatic rings. The second kappa shape index (κ2) is 6.13. The van der Waals surface area contributed by atoms with Gasteiger partial charge in [-0.3, -0.25) is 0 Å². The van der Waals surface area contributed by atoms with Crippen LogP contribution in [0.15, 0.2) is 5.51 Å². The molecular formula is C14H24N2OS. The summed E-state index contributed by atoms with van der Waals surface area (Å²) in [6.07, 6.45) is 6.23. The van der Waals surface area contributed by atoms with Crippen LogP contribution in [0.3, 0.4) is 0 Å². The predicted octanol–water partition coefficient (Wildman–Crippen LogP) is 2.83. The smallest absolute Gasteiger partial charge is 0.0798 e. The third kappa shape index (κ3) is 3.31. The third-order valence-corrected chi connectivity index (χ3v) is 5.03. The molecule has 0 saturated heterocycles. The fourth-order valence-corrected chi connectivity index (χ4v) is 3.88. The van der Waals surface area contributed by atoms with E-state index >= 15 is 0 Å². The highest BCUT2D eigenvalue weighted by atomic mass is 32.1. The van der Waals surface area contributed by atoms with Gasteiger partial charge in [0.15, 0.2) is 0 Å². The van der Waals surface area contributed by atoms with Gasteiger partial charge in [-0.15, -0.1) is 11.3 Å². The molecule has 1 aliphatic rings. The molecule has 1 saturated carbocycles. The number of aromatic nitrogens is 1. The Kier molecular flexibility index (Phi) is 4.76. The van der Waals surface area contributed by atoms with Crippen LogP contribution in [0.5, 0.6) is 0 Å². The second-order valence-corrected chi connectivity index (χ2v) is 6.69. The van der Waals surface area contributed by atoms with E-state index in [2.05, 4.69) is 23.9 Å². The van der Waals surface area contributed by atoms with Crippen LogP contribution in [0.1, 0.15) is 42.7 Å². The highest BCUT2D eigenvalue weighted by Gasteiger charge is 2.32. The molecule has 0 bridgehead atoms. The lowest BCUT2D eigenvalue weighted by molar-refractivity contribution is 0.0466. The van der Waals surface area contributed by atoms with Crippen molar-refractivity contribution in [3.05, 3.63) is 16.1 Å². The summed E-state index contributed by atoms with van der Waals surface area (Å²) in [5.74, 6) is 0. The predicted molar refractivity (Wildman–Crippen MR) is 75.8 cm³/mol. The van der Waals surface area contributed by atoms with Crippen LogP contribution in [-0.2, 0) is 6.54 Å². The van der Waals surface area contributed by atoms with Crippen LogP contribution in [0, 0.1) is 12.3 Å². The maximum atomic E-state index is 9.73. The van der Waals surface area contributed by atoms with E-state index in [4.69, 9.17) is 0 Å². The minimum Gasteiger partial charge on any atom is -0.396 e. The summed E-state index contributed by atoms with van der Waals surface area (Å²) < 4.78 is 0. The largest absolute Gasteiger partial charge is 0.396 e. The number of nitrogens with zero attached hydrogens (tertiary/aromatic N) is 2. The molecule has 2 rings (SSSR count). The van der Waals surface area contributed by atoms with Gasteiger partial charge < -0.3 is 10.0 Å². The first-order valence-corrected chi connectivity index (χ1v) is 7.71. The number of hydrogen-bond donors (Lipinski definition) is 1. The normalized spacial score (nSPS) is 19.3. The minimum absolute atomic E-state index is 0.144. The van der Waals surface area contributed by atoms with E-state index in [9.17, 15) is 5.11 Å². The first kappa shape index (κ1) is 14.0. The summed E-state index contributed by atoms with van der Waals surface area (Å²) in [7, 11) is 2.16. The number of thiazole rings is 1. The molecule has 1 aromatic heterocycles. The Labute approximate surface area is 114 Å². The van der Waals surface area contributed by atoms with Crippen molar-refractivity contribution in [1.82, 2.24) is 9.88 Å². The molecule has 1 N–H and O–H groups in total. The molecule has 1 aliphatic carbocycles. The lowest BCUT2D eigenvalue weighted by atomic mass is 9.74. The van der Waals surface area contributed by atoms with Crippen molar-refractivity contribution in [2.45, 2.75) is 45.6 Å². The molecule has 1 heterocycles. The molecule has 0 atom stereocenters. The molecule has 0 amide bonds. The zero-order valence-corrected chi connectivity index (χ0v) is 12.3. The molecule has 3 nitrogen and oxygen atoms in total. The van der Waals surface area contributed by atoms with Crippen LogP contribution in [-0.4, -0.2) is 35.2 Å². The highest BCUT2D eigenvalue weighted by Crippen LogP contribution is 2.36. The molecular weight excluding hydrogens is 244 g/mol. The van der Waals surface area contributed by atoms with E-state index < -0.39 is 0 Å². The summed E-state index contributed by atoms with van der Waals surface area (Å²) in [6.45, 7) is 4.36. The van der Waals surface area contributed by atoms with Gasteiger partial charge in [-0.1, -0.05) is 19.3 Å². The summed E-state index contributed by atoms with van der Waals surface area (Å²) >= 11 is 1.73. The molecule has 1 fully saturated rings. The van der Waals surface area contributed by atoms with Crippen molar-refractivity contribution >= 4 is 11.3 Å². The van der Waals surface area contributed by atoms with E-state index in [1.807, 2.05) is 5.51 Å². The number of aliphatic hydroxyl groups is 1. The Hall–Kier alpha value is -0.450. The highest BCUT2D eigenvalue weighted by molar-refractivity contribution is 7.09. The number of rotatable bonds is 5. The molecule has 0 unspecified atom stereocenters. The first-order valence-electron chi connectivity index (χ1n) is 6.84. The van der Waals surface area contributed by atoms with Gasteiger partial charge in [-0.25, -0.2) is 4.98 Å². The van der Waals surface area contributed by atoms with E-state index in [0.717, 1.165) is 18.8 Å². The van der Waals surface area contributed by atoms with Crippen molar-refractivity contribution in [3.63, 3.8) is 0 Å². The molecule has 0 radical (unpaired) electrons. The molecule has 102 valence electrons. The molecule has 0 aliphatic heterocycles. The average Bonchev–Trinajstić information content (AvgIpc) is 2.76. The van der Waals surface area contributed by atoms with Gasteiger partial charge in [0, 0.05) is 30.0 Å². The van der Waals surface area contributed by atoms with E-state index in [-0.39, 0.29) is 5.41 Å². The van der Waals surface area contributed by atoms with Crippen LogP contribution >= 0.6 is 11.3 Å². The summed E-state index contributed by atoms with van der Waals surface area (Å²) in [6, 6.07) is 0. The zero-order valence-electron chi connectivity index (χ0n) is 11.5. The first-order chi connectivity index (χ1) is 8.65. The Morgan fingerprint density at radius 1 is 1.39 bits per heavy atom. The molecule has 4 heteroatoms. The van der Waals surface area contributed by atoms with Crippen LogP contribution in [0.25, 0.3) is 0 Å². The van der Waals surface area contributed by atoms with Crippen LogP contribution in [0.4, 0.5) is 0 Å². The Bertz CT molecular complexity index is 372. The van der Waals surface area contributed by atoms with Gasteiger partial charge in [0.1, 0.15) is 0 Å². The van der Waals surface area contributed by atoms with Crippen molar-refractivity contribution < 1.29 is 5.11 Å². The van der Waals surface area contributed by atoms with Gasteiger partial charge in [0.25, 0.3) is 0 Å². The Morgan fingerprint density at radius 3 is 2.67 bits per heavy atom. The minimum atomic E-state index is 0.144. The van der Waals surface area contributed by atoms with Gasteiger partial charge in [0.05, 0.1) is 11.2 Å². The lowest BCUT2D eigenvalue weighted by Crippen LogP contribution is -2.39. The lowest BCUT2D eigenvalue weighted by Gasteiger charge is -2.38. The fraction of sp³-hybridized carbons (Fsp3) is 0.786. The van der Waals surface area contributed by atoms with E-state index in [0.29, 0.717) is 6.61 Å². The van der Waals surface area contributed by atoms with Crippen molar-refractivity contribution in [2.75, 3.05) is 20.2 Å². The van der Waals surface area contributed by atoms with Gasteiger partial charge >= 0.3 is 0 Å². The Balaban J connectivity index is 1.93. The van der Waals surface area contributed by atoms with Crippen LogP contribution < -0.4 is 0 Å². The molecule has 18 heavy (non-hydrogen) atoms. The standard InChI is InChI=1S/C14H24N2OS/c1-12-13(18-11-15-12)8-16(2)9-14(10-17)6-4-3-5-7-14/h11,17H,3-10H2,1-2H3. The fourth-order valence-electron chi connectivity index (χ4n) is 3.02. The molecule has 0 aromatic carbocycles. The average molecular weight is 268 g/mol. The Morgan fingerprint density at radius 2 is 2.11 bits per heavy atom. The quantitative estimate of drug-likeness (QED) is 0.892. The zero-order chi connectivity index (χ0) is 13.0. The topological polar surface area (TPSA) is 36.4 Å². The SMILES string of the molecule is Cc1ncsc1CN(C)CC1(CO)CCCCC1. The van der Waals surface area contributed by atoms with Crippen molar-refractivity contribution in [2.24, 2.45) is 5.41 Å². The second-order valence-electron chi connectivity index (χ2n) is 5.75.